The van der Waals surface area contributed by atoms with Crippen LogP contribution in [0.15, 0.2) is 0 Å². The Bertz CT molecular complexity index is 490. The summed E-state index contributed by atoms with van der Waals surface area (Å²) in [5, 5.41) is 0.310. The second-order valence-electron chi connectivity index (χ2n) is 4.42. The summed E-state index contributed by atoms with van der Waals surface area (Å²) in [7, 11) is 1.32. The number of carbonyl (C=O) groups is 2. The predicted octanol–water partition coefficient (Wildman–Crippen LogP) is 1.87. The van der Waals surface area contributed by atoms with Gasteiger partial charge >= 0.3 is 5.97 Å². The van der Waals surface area contributed by atoms with Crippen LogP contribution in [0.25, 0.3) is 0 Å². The Kier molecular flexibility index (Phi) is 3.56. The van der Waals surface area contributed by atoms with Crippen molar-refractivity contribution < 1.29 is 14.3 Å². The van der Waals surface area contributed by atoms with Gasteiger partial charge in [0.05, 0.1) is 17.7 Å². The lowest BCUT2D eigenvalue weighted by atomic mass is 9.93. The van der Waals surface area contributed by atoms with E-state index < -0.39 is 11.9 Å². The molecule has 0 radical (unpaired) electrons. The van der Waals surface area contributed by atoms with E-state index in [1.165, 1.54) is 7.11 Å². The van der Waals surface area contributed by atoms with Crippen LogP contribution in [0.3, 0.4) is 0 Å². The van der Waals surface area contributed by atoms with Crippen molar-refractivity contribution in [2.75, 3.05) is 12.8 Å². The molecule has 1 aromatic heterocycles. The molecule has 0 bridgehead atoms. The normalized spacial score (nSPS) is 15.8. The molecule has 0 aliphatic heterocycles. The van der Waals surface area contributed by atoms with Crippen LogP contribution in [-0.4, -0.2) is 19.0 Å². The highest BCUT2D eigenvalue weighted by Crippen LogP contribution is 2.43. The van der Waals surface area contributed by atoms with E-state index in [0.717, 1.165) is 37.0 Å². The lowest BCUT2D eigenvalue weighted by Crippen LogP contribution is -2.16. The number of carbonyl (C=O) groups excluding carboxylic acids is 2. The van der Waals surface area contributed by atoms with Gasteiger partial charge in [-0.1, -0.05) is 12.8 Å². The van der Waals surface area contributed by atoms with Crippen molar-refractivity contribution in [1.29, 1.82) is 0 Å². The van der Waals surface area contributed by atoms with Crippen molar-refractivity contribution in [1.82, 2.24) is 0 Å². The molecule has 18 heavy (non-hydrogen) atoms. The molecule has 1 aliphatic carbocycles. The predicted molar refractivity (Wildman–Crippen MR) is 69.8 cm³/mol. The molecular formula is C12H16N2O3S. The molecular weight excluding hydrogens is 252 g/mol. The van der Waals surface area contributed by atoms with Crippen LogP contribution in [0.1, 0.15) is 57.2 Å². The first-order valence-electron chi connectivity index (χ1n) is 5.86. The largest absolute Gasteiger partial charge is 0.465 e. The van der Waals surface area contributed by atoms with Gasteiger partial charge in [-0.2, -0.15) is 0 Å². The van der Waals surface area contributed by atoms with Crippen LogP contribution in [0.5, 0.6) is 0 Å². The maximum atomic E-state index is 11.8. The molecule has 1 amide bonds. The molecule has 98 valence electrons. The standard InChI is InChI=1S/C12H16N2O3S/c1-17-12(16)9-7(6-4-2-3-5-6)8(10(13)15)11(14)18-9/h6H,2-5,14H2,1H3,(H2,13,15). The van der Waals surface area contributed by atoms with Crippen LogP contribution in [-0.2, 0) is 4.74 Å². The first-order chi connectivity index (χ1) is 8.56. The van der Waals surface area contributed by atoms with Crippen molar-refractivity contribution in [2.45, 2.75) is 31.6 Å². The lowest BCUT2D eigenvalue weighted by Gasteiger charge is -2.11. The Labute approximate surface area is 109 Å². The van der Waals surface area contributed by atoms with Crippen LogP contribution in [0, 0.1) is 0 Å². The Balaban J connectivity index is 2.56. The minimum atomic E-state index is -0.569. The van der Waals surface area contributed by atoms with Gasteiger partial charge in [0.2, 0.25) is 0 Å². The van der Waals surface area contributed by atoms with Crippen LogP contribution in [0.2, 0.25) is 0 Å². The van der Waals surface area contributed by atoms with Gasteiger partial charge in [-0.3, -0.25) is 4.79 Å². The minimum absolute atomic E-state index is 0.190. The molecule has 2 rings (SSSR count). The van der Waals surface area contributed by atoms with E-state index >= 15 is 0 Å². The number of hydrogen-bond acceptors (Lipinski definition) is 5. The van der Waals surface area contributed by atoms with Gasteiger partial charge in [-0.05, 0) is 24.3 Å². The number of anilines is 1. The van der Waals surface area contributed by atoms with E-state index in [9.17, 15) is 9.59 Å². The van der Waals surface area contributed by atoms with E-state index in [0.29, 0.717) is 21.0 Å². The Morgan fingerprint density at radius 3 is 2.44 bits per heavy atom. The molecule has 1 saturated carbocycles. The fourth-order valence-electron chi connectivity index (χ4n) is 2.56. The number of rotatable bonds is 3. The summed E-state index contributed by atoms with van der Waals surface area (Å²) in [6.45, 7) is 0. The topological polar surface area (TPSA) is 95.4 Å². The fraction of sp³-hybridized carbons (Fsp3) is 0.500. The second kappa shape index (κ2) is 4.97. The zero-order chi connectivity index (χ0) is 13.3. The van der Waals surface area contributed by atoms with Gasteiger partial charge in [0.25, 0.3) is 5.91 Å². The number of nitrogen functional groups attached to an aromatic ring is 1. The Morgan fingerprint density at radius 1 is 1.33 bits per heavy atom. The summed E-state index contributed by atoms with van der Waals surface area (Å²) >= 11 is 1.09. The van der Waals surface area contributed by atoms with Crippen LogP contribution >= 0.6 is 11.3 Å². The molecule has 1 aromatic rings. The summed E-state index contributed by atoms with van der Waals surface area (Å²) in [4.78, 5) is 23.7. The third kappa shape index (κ3) is 2.08. The van der Waals surface area contributed by atoms with Crippen molar-refractivity contribution >= 4 is 28.2 Å². The van der Waals surface area contributed by atoms with Crippen molar-refractivity contribution in [3.05, 3.63) is 16.0 Å². The van der Waals surface area contributed by atoms with E-state index in [4.69, 9.17) is 16.2 Å². The third-order valence-electron chi connectivity index (χ3n) is 3.35. The average Bonchev–Trinajstić information content (AvgIpc) is 2.93. The van der Waals surface area contributed by atoms with E-state index in [1.54, 1.807) is 0 Å². The average molecular weight is 268 g/mol. The van der Waals surface area contributed by atoms with Gasteiger partial charge in [-0.25, -0.2) is 4.79 Å². The molecule has 1 heterocycles. The molecule has 0 saturated heterocycles. The smallest absolute Gasteiger partial charge is 0.348 e. The number of hydrogen-bond donors (Lipinski definition) is 2. The number of ether oxygens (including phenoxy) is 1. The maximum absolute atomic E-state index is 11.8. The highest BCUT2D eigenvalue weighted by atomic mass is 32.1. The third-order valence-corrected chi connectivity index (χ3v) is 4.37. The summed E-state index contributed by atoms with van der Waals surface area (Å²) in [5.41, 5.74) is 12.2. The molecule has 0 spiro atoms. The van der Waals surface area contributed by atoms with Gasteiger partial charge in [0, 0.05) is 0 Å². The lowest BCUT2D eigenvalue weighted by molar-refractivity contribution is 0.0604. The molecule has 1 aliphatic rings. The number of methoxy groups -OCH3 is 1. The Morgan fingerprint density at radius 2 is 1.94 bits per heavy atom. The highest BCUT2D eigenvalue weighted by molar-refractivity contribution is 7.18. The monoisotopic (exact) mass is 268 g/mol. The SMILES string of the molecule is COC(=O)c1sc(N)c(C(N)=O)c1C1CCCC1. The molecule has 0 aromatic carbocycles. The van der Waals surface area contributed by atoms with Crippen LogP contribution in [0.4, 0.5) is 5.00 Å². The molecule has 0 atom stereocenters. The van der Waals surface area contributed by atoms with Crippen molar-refractivity contribution in [2.24, 2.45) is 5.73 Å². The first-order valence-corrected chi connectivity index (χ1v) is 6.68. The van der Waals surface area contributed by atoms with Crippen molar-refractivity contribution in [3.8, 4) is 0 Å². The number of primary amides is 1. The first kappa shape index (κ1) is 12.9. The minimum Gasteiger partial charge on any atom is -0.465 e. The van der Waals surface area contributed by atoms with Gasteiger partial charge in [-0.15, -0.1) is 11.3 Å². The van der Waals surface area contributed by atoms with E-state index in [1.807, 2.05) is 0 Å². The second-order valence-corrected chi connectivity index (χ2v) is 5.47. The summed E-state index contributed by atoms with van der Waals surface area (Å²) in [6.07, 6.45) is 4.11. The van der Waals surface area contributed by atoms with Gasteiger partial charge in [0.15, 0.2) is 0 Å². The molecule has 6 heteroatoms. The van der Waals surface area contributed by atoms with Gasteiger partial charge < -0.3 is 16.2 Å². The number of thiophene rings is 1. The Hall–Kier alpha value is -1.56. The highest BCUT2D eigenvalue weighted by Gasteiger charge is 2.31. The fourth-order valence-corrected chi connectivity index (χ4v) is 3.64. The number of amides is 1. The number of esters is 1. The van der Waals surface area contributed by atoms with Crippen LogP contribution < -0.4 is 11.5 Å². The van der Waals surface area contributed by atoms with E-state index in [2.05, 4.69) is 0 Å². The molecule has 4 N–H and O–H groups in total. The molecule has 1 fully saturated rings. The quantitative estimate of drug-likeness (QED) is 0.818. The summed E-state index contributed by atoms with van der Waals surface area (Å²) in [6, 6.07) is 0. The molecule has 5 nitrogen and oxygen atoms in total. The summed E-state index contributed by atoms with van der Waals surface area (Å²) in [5.74, 6) is -0.822. The van der Waals surface area contributed by atoms with E-state index in [-0.39, 0.29) is 5.92 Å². The number of nitrogens with two attached hydrogens (primary N) is 2. The zero-order valence-corrected chi connectivity index (χ0v) is 11.0. The zero-order valence-electron chi connectivity index (χ0n) is 10.2. The molecule has 0 unspecified atom stereocenters. The maximum Gasteiger partial charge on any atom is 0.348 e. The van der Waals surface area contributed by atoms with Crippen molar-refractivity contribution in [3.63, 3.8) is 0 Å². The summed E-state index contributed by atoms with van der Waals surface area (Å²) < 4.78 is 4.75. The van der Waals surface area contributed by atoms with Gasteiger partial charge in [0.1, 0.15) is 4.88 Å².